The summed E-state index contributed by atoms with van der Waals surface area (Å²) in [6.45, 7) is 12.6. The predicted octanol–water partition coefficient (Wildman–Crippen LogP) is 5.73. The number of aromatic nitrogens is 6. The lowest BCUT2D eigenvalue weighted by molar-refractivity contribution is -0.109. The molecule has 5 aromatic rings. The number of imidazole rings is 1. The number of hydrogen-bond donors (Lipinski definition) is 2. The van der Waals surface area contributed by atoms with Gasteiger partial charge in [0.15, 0.2) is 11.5 Å². The van der Waals surface area contributed by atoms with Crippen LogP contribution in [0, 0.1) is 25.6 Å². The minimum absolute atomic E-state index is 0.246. The third-order valence-electron chi connectivity index (χ3n) is 7.38. The quantitative estimate of drug-likeness (QED) is 0.207. The van der Waals surface area contributed by atoms with Gasteiger partial charge in [-0.15, -0.1) is 0 Å². The summed E-state index contributed by atoms with van der Waals surface area (Å²) in [5, 5.41) is 11.3. The number of aryl methyl sites for hydroxylation is 3. The molecule has 1 saturated heterocycles. The molecular formula is C31H38FN9OS. The van der Waals surface area contributed by atoms with Crippen molar-refractivity contribution in [3.05, 3.63) is 77.4 Å². The summed E-state index contributed by atoms with van der Waals surface area (Å²) in [5.74, 6) is 1.24. The normalized spacial score (nSPS) is 15.2. The molecular weight excluding hydrogens is 565 g/mol. The molecule has 4 aromatic heterocycles. The van der Waals surface area contributed by atoms with Crippen LogP contribution in [0.1, 0.15) is 49.2 Å². The van der Waals surface area contributed by atoms with Crippen LogP contribution in [0.3, 0.4) is 0 Å². The molecule has 0 saturated carbocycles. The topological polar surface area (TPSA) is 105 Å². The molecule has 0 spiro atoms. The molecule has 1 atom stereocenters. The van der Waals surface area contributed by atoms with E-state index in [1.165, 1.54) is 30.4 Å². The molecule has 2 N–H and O–H groups in total. The van der Waals surface area contributed by atoms with Crippen molar-refractivity contribution in [2.45, 2.75) is 60.2 Å². The van der Waals surface area contributed by atoms with Crippen LogP contribution in [-0.4, -0.2) is 52.9 Å². The van der Waals surface area contributed by atoms with Crippen LogP contribution >= 0.6 is 11.5 Å². The van der Waals surface area contributed by atoms with Crippen LogP contribution in [0.25, 0.3) is 16.9 Å². The van der Waals surface area contributed by atoms with Gasteiger partial charge in [-0.05, 0) is 75.3 Å². The minimum atomic E-state index is -0.274. The monoisotopic (exact) mass is 603 g/mol. The van der Waals surface area contributed by atoms with E-state index in [-0.39, 0.29) is 12.4 Å². The van der Waals surface area contributed by atoms with Gasteiger partial charge >= 0.3 is 0 Å². The molecule has 1 aliphatic heterocycles. The fraction of sp³-hybridized carbons (Fsp3) is 0.387. The lowest BCUT2D eigenvalue weighted by Gasteiger charge is -2.30. The van der Waals surface area contributed by atoms with Crippen molar-refractivity contribution in [1.29, 1.82) is 0 Å². The van der Waals surface area contributed by atoms with Gasteiger partial charge in [-0.2, -0.15) is 9.47 Å². The van der Waals surface area contributed by atoms with Gasteiger partial charge in [0.25, 0.3) is 0 Å². The number of likely N-dealkylation sites (tertiary alicyclic amines) is 1. The van der Waals surface area contributed by atoms with Gasteiger partial charge in [-0.25, -0.2) is 14.4 Å². The Kier molecular flexibility index (Phi) is 9.78. The van der Waals surface area contributed by atoms with Crippen LogP contribution in [0.5, 0.6) is 0 Å². The first-order valence-corrected chi connectivity index (χ1v) is 15.3. The number of carbonyl (C=O) groups excluding carboxylic acids is 1. The molecule has 226 valence electrons. The number of amides is 1. The third kappa shape index (κ3) is 7.63. The number of rotatable bonds is 9. The van der Waals surface area contributed by atoms with E-state index in [4.69, 9.17) is 4.98 Å². The Labute approximate surface area is 255 Å². The van der Waals surface area contributed by atoms with Crippen molar-refractivity contribution in [2.75, 3.05) is 18.4 Å². The molecule has 0 bridgehead atoms. The summed E-state index contributed by atoms with van der Waals surface area (Å²) in [6, 6.07) is 7.06. The fourth-order valence-corrected chi connectivity index (χ4v) is 5.90. The Morgan fingerprint density at radius 2 is 2.05 bits per heavy atom. The van der Waals surface area contributed by atoms with Crippen molar-refractivity contribution in [3.8, 4) is 11.3 Å². The van der Waals surface area contributed by atoms with Crippen LogP contribution in [0.4, 0.5) is 15.2 Å². The van der Waals surface area contributed by atoms with E-state index < -0.39 is 0 Å². The number of nitrogens with one attached hydrogen (secondary N) is 2. The minimum Gasteiger partial charge on any atom is -0.354 e. The average Bonchev–Trinajstić information content (AvgIpc) is 3.73. The maximum atomic E-state index is 13.0. The van der Waals surface area contributed by atoms with Gasteiger partial charge in [0.05, 0.1) is 29.5 Å². The fourth-order valence-electron chi connectivity index (χ4n) is 5.24. The Morgan fingerprint density at radius 1 is 1.19 bits per heavy atom. The van der Waals surface area contributed by atoms with Gasteiger partial charge in [0.1, 0.15) is 10.8 Å². The number of fused-ring (bicyclic) bond motifs is 1. The molecule has 1 aliphatic rings. The van der Waals surface area contributed by atoms with Crippen molar-refractivity contribution >= 4 is 34.4 Å². The molecule has 5 heterocycles. The second-order valence-corrected chi connectivity index (χ2v) is 11.8. The number of piperidine rings is 1. The number of halogens is 1. The van der Waals surface area contributed by atoms with Crippen LogP contribution in [0.15, 0.2) is 49.1 Å². The van der Waals surface area contributed by atoms with Crippen LogP contribution in [0.2, 0.25) is 0 Å². The first kappa shape index (κ1) is 30.3. The summed E-state index contributed by atoms with van der Waals surface area (Å²) >= 11 is 1.48. The zero-order chi connectivity index (χ0) is 30.3. The Balaban J connectivity index is 0.000000259. The highest BCUT2D eigenvalue weighted by atomic mass is 32.1. The average molecular weight is 604 g/mol. The lowest BCUT2D eigenvalue weighted by atomic mass is 10.0. The standard InChI is InChI=1S/C22H28N8S.C9H10FNO/c1-4-29-13-17(9-24-29)19-10-23-22-21(25-16(3)12-30(19)22)26-20-8-18(27-31-20)14-28-7-5-6-15(2)11-28;1-7-2-3-8(5-11-6-12)9(10)4-7/h8-10,12-13,15H,4-7,11,14H2,1-3H3,(H,25,26);2-4,6H,5H2,1H3,(H,11,12). The van der Waals surface area contributed by atoms with Gasteiger partial charge in [0.2, 0.25) is 6.41 Å². The Hall–Kier alpha value is -4.16. The first-order valence-electron chi connectivity index (χ1n) is 14.6. The molecule has 1 amide bonds. The van der Waals surface area contributed by atoms with Crippen LogP contribution < -0.4 is 10.6 Å². The second-order valence-electron chi connectivity index (χ2n) is 11.0. The summed E-state index contributed by atoms with van der Waals surface area (Å²) in [7, 11) is 0. The van der Waals surface area contributed by atoms with Gasteiger partial charge in [-0.3, -0.25) is 18.8 Å². The second kappa shape index (κ2) is 13.9. The SMILES string of the molecule is CCn1cc(-c2cnc3c(Nc4cc(CN5CCCC(C)C5)ns4)nc(C)cn23)cn1.Cc1ccc(CNC=O)c(F)c1. The number of benzene rings is 1. The molecule has 1 aromatic carbocycles. The largest absolute Gasteiger partial charge is 0.354 e. The Bertz CT molecular complexity index is 1680. The van der Waals surface area contributed by atoms with Crippen molar-refractivity contribution in [2.24, 2.45) is 5.92 Å². The maximum Gasteiger partial charge on any atom is 0.207 e. The van der Waals surface area contributed by atoms with E-state index in [2.05, 4.69) is 54.3 Å². The van der Waals surface area contributed by atoms with Gasteiger partial charge in [0, 0.05) is 49.7 Å². The summed E-state index contributed by atoms with van der Waals surface area (Å²) < 4.78 is 21.7. The predicted molar refractivity (Wildman–Crippen MR) is 168 cm³/mol. The highest BCUT2D eigenvalue weighted by molar-refractivity contribution is 7.10. The lowest BCUT2D eigenvalue weighted by Crippen LogP contribution is -2.33. The van der Waals surface area contributed by atoms with E-state index in [0.29, 0.717) is 12.0 Å². The molecule has 0 radical (unpaired) electrons. The van der Waals surface area contributed by atoms with E-state index in [1.807, 2.05) is 49.4 Å². The summed E-state index contributed by atoms with van der Waals surface area (Å²) in [6.07, 6.45) is 11.0. The van der Waals surface area contributed by atoms with Gasteiger partial charge < -0.3 is 10.6 Å². The van der Waals surface area contributed by atoms with E-state index in [9.17, 15) is 9.18 Å². The van der Waals surface area contributed by atoms with E-state index in [1.54, 1.807) is 6.07 Å². The molecule has 12 heteroatoms. The molecule has 1 fully saturated rings. The summed E-state index contributed by atoms with van der Waals surface area (Å²) in [5.41, 5.74) is 6.26. The van der Waals surface area contributed by atoms with Crippen LogP contribution in [-0.2, 0) is 24.4 Å². The van der Waals surface area contributed by atoms with Crippen molar-refractivity contribution in [1.82, 2.24) is 38.7 Å². The van der Waals surface area contributed by atoms with Crippen molar-refractivity contribution < 1.29 is 9.18 Å². The smallest absolute Gasteiger partial charge is 0.207 e. The number of nitrogens with zero attached hydrogens (tertiary/aromatic N) is 7. The highest BCUT2D eigenvalue weighted by Gasteiger charge is 2.18. The first-order chi connectivity index (χ1) is 20.8. The molecule has 1 unspecified atom stereocenters. The Morgan fingerprint density at radius 3 is 2.79 bits per heavy atom. The van der Waals surface area contributed by atoms with E-state index >= 15 is 0 Å². The van der Waals surface area contributed by atoms with Gasteiger partial charge in [-0.1, -0.05) is 19.1 Å². The molecule has 6 rings (SSSR count). The third-order valence-corrected chi connectivity index (χ3v) is 8.12. The zero-order valence-corrected chi connectivity index (χ0v) is 25.9. The maximum absolute atomic E-state index is 13.0. The van der Waals surface area contributed by atoms with E-state index in [0.717, 1.165) is 76.8 Å². The number of hydrogen-bond acceptors (Lipinski definition) is 8. The zero-order valence-electron chi connectivity index (χ0n) is 25.0. The summed E-state index contributed by atoms with van der Waals surface area (Å²) in [4.78, 5) is 21.8. The highest BCUT2D eigenvalue weighted by Crippen LogP contribution is 2.28. The molecule has 43 heavy (non-hydrogen) atoms. The number of carbonyl (C=O) groups is 1. The molecule has 0 aliphatic carbocycles. The number of anilines is 2. The van der Waals surface area contributed by atoms with Crippen molar-refractivity contribution in [3.63, 3.8) is 0 Å². The molecule has 10 nitrogen and oxygen atoms in total.